The Labute approximate surface area is 114 Å². The van der Waals surface area contributed by atoms with Gasteiger partial charge in [0.1, 0.15) is 10.9 Å². The summed E-state index contributed by atoms with van der Waals surface area (Å²) in [5.74, 6) is 0. The third kappa shape index (κ3) is 2.99. The van der Waals surface area contributed by atoms with Crippen LogP contribution in [0.2, 0.25) is 5.15 Å². The van der Waals surface area contributed by atoms with E-state index in [1.807, 2.05) is 36.4 Å². The fraction of sp³-hybridized carbons (Fsp3) is 0.167. The summed E-state index contributed by atoms with van der Waals surface area (Å²) < 4.78 is 0. The molecule has 0 radical (unpaired) electrons. The standard InChI is InChI=1S/C12H11ClN4S/c13-11-10(6-14)18-12(17-11)16-7-9(15)8-4-2-1-3-5-8/h1-5,9H,7,15H2,(H,16,17). The maximum Gasteiger partial charge on any atom is 0.185 e. The number of benzene rings is 1. The Hall–Kier alpha value is -1.61. The van der Waals surface area contributed by atoms with E-state index in [9.17, 15) is 0 Å². The number of nitrogens with zero attached hydrogens (tertiary/aromatic N) is 2. The molecule has 1 unspecified atom stereocenters. The Balaban J connectivity index is 1.97. The Morgan fingerprint density at radius 3 is 2.78 bits per heavy atom. The average Bonchev–Trinajstić information content (AvgIpc) is 2.77. The third-order valence-corrected chi connectivity index (χ3v) is 3.69. The molecule has 6 heteroatoms. The van der Waals surface area contributed by atoms with Crippen molar-refractivity contribution >= 4 is 28.1 Å². The van der Waals surface area contributed by atoms with E-state index in [4.69, 9.17) is 22.6 Å². The predicted molar refractivity (Wildman–Crippen MR) is 73.7 cm³/mol. The van der Waals surface area contributed by atoms with Crippen LogP contribution in [-0.2, 0) is 0 Å². The second-order valence-electron chi connectivity index (χ2n) is 3.65. The van der Waals surface area contributed by atoms with Crippen molar-refractivity contribution in [1.82, 2.24) is 4.98 Å². The van der Waals surface area contributed by atoms with Crippen LogP contribution in [0.1, 0.15) is 16.5 Å². The molecule has 0 aliphatic carbocycles. The van der Waals surface area contributed by atoms with Gasteiger partial charge in [-0.15, -0.1) is 0 Å². The number of nitrogens with two attached hydrogens (primary N) is 1. The van der Waals surface area contributed by atoms with Crippen LogP contribution in [0, 0.1) is 11.3 Å². The van der Waals surface area contributed by atoms with Crippen LogP contribution < -0.4 is 11.1 Å². The highest BCUT2D eigenvalue weighted by Gasteiger charge is 2.10. The number of nitriles is 1. The topological polar surface area (TPSA) is 74.7 Å². The number of aromatic nitrogens is 1. The smallest absolute Gasteiger partial charge is 0.185 e. The van der Waals surface area contributed by atoms with Crippen LogP contribution in [0.4, 0.5) is 5.13 Å². The molecule has 2 aromatic rings. The Kier molecular flexibility index (Phi) is 4.15. The van der Waals surface area contributed by atoms with Crippen molar-refractivity contribution in [3.8, 4) is 6.07 Å². The van der Waals surface area contributed by atoms with Gasteiger partial charge in [-0.2, -0.15) is 5.26 Å². The molecule has 1 atom stereocenters. The highest BCUT2D eigenvalue weighted by atomic mass is 35.5. The minimum atomic E-state index is -0.126. The minimum Gasteiger partial charge on any atom is -0.360 e. The molecule has 0 bridgehead atoms. The van der Waals surface area contributed by atoms with Gasteiger partial charge in [-0.05, 0) is 5.56 Å². The van der Waals surface area contributed by atoms with Gasteiger partial charge in [-0.1, -0.05) is 53.3 Å². The van der Waals surface area contributed by atoms with Gasteiger partial charge >= 0.3 is 0 Å². The summed E-state index contributed by atoms with van der Waals surface area (Å²) in [6, 6.07) is 11.7. The van der Waals surface area contributed by atoms with Gasteiger partial charge in [0.05, 0.1) is 0 Å². The molecular formula is C12H11ClN4S. The lowest BCUT2D eigenvalue weighted by Gasteiger charge is -2.12. The summed E-state index contributed by atoms with van der Waals surface area (Å²) >= 11 is 7.01. The van der Waals surface area contributed by atoms with Crippen molar-refractivity contribution in [2.75, 3.05) is 11.9 Å². The van der Waals surface area contributed by atoms with Crippen molar-refractivity contribution in [1.29, 1.82) is 5.26 Å². The number of halogens is 1. The maximum absolute atomic E-state index is 8.77. The second kappa shape index (κ2) is 5.83. The summed E-state index contributed by atoms with van der Waals surface area (Å²) in [7, 11) is 0. The molecule has 0 amide bonds. The van der Waals surface area contributed by atoms with E-state index in [0.717, 1.165) is 5.56 Å². The largest absolute Gasteiger partial charge is 0.360 e. The first-order chi connectivity index (χ1) is 8.70. The van der Waals surface area contributed by atoms with Crippen molar-refractivity contribution in [3.05, 3.63) is 45.9 Å². The lowest BCUT2D eigenvalue weighted by molar-refractivity contribution is 0.764. The molecule has 1 heterocycles. The van der Waals surface area contributed by atoms with Gasteiger partial charge in [0.15, 0.2) is 10.3 Å². The number of nitrogens with one attached hydrogen (secondary N) is 1. The van der Waals surface area contributed by atoms with E-state index >= 15 is 0 Å². The summed E-state index contributed by atoms with van der Waals surface area (Å²) in [5.41, 5.74) is 7.09. The molecule has 92 valence electrons. The van der Waals surface area contributed by atoms with Gasteiger partial charge in [-0.25, -0.2) is 4.98 Å². The van der Waals surface area contributed by atoms with Crippen LogP contribution in [0.3, 0.4) is 0 Å². The number of hydrogen-bond acceptors (Lipinski definition) is 5. The first-order valence-electron chi connectivity index (χ1n) is 5.31. The van der Waals surface area contributed by atoms with E-state index in [0.29, 0.717) is 16.6 Å². The summed E-state index contributed by atoms with van der Waals surface area (Å²) in [5, 5.41) is 12.7. The monoisotopic (exact) mass is 278 g/mol. The van der Waals surface area contributed by atoms with Crippen LogP contribution in [0.15, 0.2) is 30.3 Å². The molecular weight excluding hydrogens is 268 g/mol. The number of rotatable bonds is 4. The van der Waals surface area contributed by atoms with Crippen LogP contribution in [-0.4, -0.2) is 11.5 Å². The normalized spacial score (nSPS) is 11.8. The van der Waals surface area contributed by atoms with Gasteiger partial charge in [0.25, 0.3) is 0 Å². The fourth-order valence-electron chi connectivity index (χ4n) is 1.46. The van der Waals surface area contributed by atoms with Gasteiger partial charge in [0.2, 0.25) is 0 Å². The number of thiazole rings is 1. The molecule has 1 aromatic carbocycles. The molecule has 0 aliphatic heterocycles. The highest BCUT2D eigenvalue weighted by molar-refractivity contribution is 7.16. The second-order valence-corrected chi connectivity index (χ2v) is 5.01. The molecule has 0 aliphatic rings. The van der Waals surface area contributed by atoms with Gasteiger partial charge < -0.3 is 11.1 Å². The summed E-state index contributed by atoms with van der Waals surface area (Å²) in [6.07, 6.45) is 0. The zero-order valence-corrected chi connectivity index (χ0v) is 11.0. The zero-order chi connectivity index (χ0) is 13.0. The van der Waals surface area contributed by atoms with Gasteiger partial charge in [-0.3, -0.25) is 0 Å². The lowest BCUT2D eigenvalue weighted by Crippen LogP contribution is -2.20. The molecule has 2 rings (SSSR count). The highest BCUT2D eigenvalue weighted by Crippen LogP contribution is 2.26. The molecule has 3 N–H and O–H groups in total. The van der Waals surface area contributed by atoms with Crippen LogP contribution >= 0.6 is 22.9 Å². The number of anilines is 1. The molecule has 0 saturated carbocycles. The van der Waals surface area contributed by atoms with E-state index < -0.39 is 0 Å². The van der Waals surface area contributed by atoms with Crippen molar-refractivity contribution in [2.45, 2.75) is 6.04 Å². The first-order valence-corrected chi connectivity index (χ1v) is 6.51. The quantitative estimate of drug-likeness (QED) is 0.902. The van der Waals surface area contributed by atoms with E-state index in [-0.39, 0.29) is 11.2 Å². The van der Waals surface area contributed by atoms with E-state index in [1.165, 1.54) is 11.3 Å². The van der Waals surface area contributed by atoms with Crippen molar-refractivity contribution in [3.63, 3.8) is 0 Å². The minimum absolute atomic E-state index is 0.126. The maximum atomic E-state index is 8.77. The lowest BCUT2D eigenvalue weighted by atomic mass is 10.1. The Morgan fingerprint density at radius 2 is 2.17 bits per heavy atom. The Bertz CT molecular complexity index is 561. The average molecular weight is 279 g/mol. The predicted octanol–water partition coefficient (Wildman–Crippen LogP) is 2.78. The fourth-order valence-corrected chi connectivity index (χ4v) is 2.42. The summed E-state index contributed by atoms with van der Waals surface area (Å²) in [6.45, 7) is 0.540. The SMILES string of the molecule is N#Cc1sc(NCC(N)c2ccccc2)nc1Cl. The van der Waals surface area contributed by atoms with E-state index in [2.05, 4.69) is 10.3 Å². The molecule has 0 saturated heterocycles. The van der Waals surface area contributed by atoms with Crippen molar-refractivity contribution < 1.29 is 0 Å². The summed E-state index contributed by atoms with van der Waals surface area (Å²) in [4.78, 5) is 4.45. The van der Waals surface area contributed by atoms with E-state index in [1.54, 1.807) is 0 Å². The molecule has 4 nitrogen and oxygen atoms in total. The zero-order valence-electron chi connectivity index (χ0n) is 9.43. The molecule has 18 heavy (non-hydrogen) atoms. The van der Waals surface area contributed by atoms with Gasteiger partial charge in [0, 0.05) is 12.6 Å². The Morgan fingerprint density at radius 1 is 1.44 bits per heavy atom. The molecule has 0 fully saturated rings. The third-order valence-electron chi connectivity index (χ3n) is 2.39. The number of hydrogen-bond donors (Lipinski definition) is 2. The molecule has 0 spiro atoms. The van der Waals surface area contributed by atoms with Crippen LogP contribution in [0.25, 0.3) is 0 Å². The van der Waals surface area contributed by atoms with Crippen molar-refractivity contribution in [2.24, 2.45) is 5.73 Å². The molecule has 1 aromatic heterocycles. The first kappa shape index (κ1) is 12.8. The van der Waals surface area contributed by atoms with Crippen LogP contribution in [0.5, 0.6) is 0 Å².